The summed E-state index contributed by atoms with van der Waals surface area (Å²) in [5, 5.41) is 0.407. The van der Waals surface area contributed by atoms with Crippen molar-refractivity contribution in [1.29, 1.82) is 0 Å². The van der Waals surface area contributed by atoms with Gasteiger partial charge in [-0.05, 0) is 43.4 Å². The molecule has 0 saturated carbocycles. The van der Waals surface area contributed by atoms with Gasteiger partial charge >= 0.3 is 0 Å². The quantitative estimate of drug-likeness (QED) is 0.858. The van der Waals surface area contributed by atoms with Crippen LogP contribution >= 0.6 is 11.6 Å². The Hall–Kier alpha value is -0.820. The van der Waals surface area contributed by atoms with E-state index in [0.717, 1.165) is 12.8 Å². The van der Waals surface area contributed by atoms with Crippen molar-refractivity contribution in [2.75, 3.05) is 32.5 Å². The number of methoxy groups -OCH3 is 1. The number of hydrogen-bond donors (Lipinski definition) is 1. The topological polar surface area (TPSA) is 72.6 Å². The molecule has 7 heteroatoms. The third kappa shape index (κ3) is 3.51. The van der Waals surface area contributed by atoms with E-state index >= 15 is 0 Å². The average Bonchev–Trinajstić information content (AvgIpc) is 2.45. The molecule has 1 aliphatic heterocycles. The summed E-state index contributed by atoms with van der Waals surface area (Å²) in [4.78, 5) is 0.208. The Morgan fingerprint density at radius 1 is 1.48 bits per heavy atom. The summed E-state index contributed by atoms with van der Waals surface area (Å²) >= 11 is 6.00. The van der Waals surface area contributed by atoms with Gasteiger partial charge in [-0.15, -0.1) is 0 Å². The lowest BCUT2D eigenvalue weighted by Gasteiger charge is -2.31. The molecular weight excluding hydrogens is 312 g/mol. The van der Waals surface area contributed by atoms with Crippen LogP contribution in [0, 0.1) is 12.8 Å². The number of piperidine rings is 1. The summed E-state index contributed by atoms with van der Waals surface area (Å²) in [5.41, 5.74) is 6.75. The van der Waals surface area contributed by atoms with Crippen LogP contribution in [-0.2, 0) is 14.8 Å². The number of benzene rings is 1. The first kappa shape index (κ1) is 16.5. The molecule has 2 N–H and O–H groups in total. The zero-order valence-electron chi connectivity index (χ0n) is 12.3. The van der Waals surface area contributed by atoms with Gasteiger partial charge in [-0.1, -0.05) is 11.6 Å². The number of hydrogen-bond acceptors (Lipinski definition) is 4. The van der Waals surface area contributed by atoms with Crippen molar-refractivity contribution in [3.63, 3.8) is 0 Å². The summed E-state index contributed by atoms with van der Waals surface area (Å²) in [6.45, 7) is 3.34. The average molecular weight is 333 g/mol. The summed E-state index contributed by atoms with van der Waals surface area (Å²) < 4.78 is 32.1. The third-order valence-electron chi connectivity index (χ3n) is 3.78. The molecular formula is C14H21ClN2O3S. The number of rotatable bonds is 4. The summed E-state index contributed by atoms with van der Waals surface area (Å²) in [6, 6.07) is 3.01. The highest BCUT2D eigenvalue weighted by Crippen LogP contribution is 2.30. The lowest BCUT2D eigenvalue weighted by molar-refractivity contribution is 0.118. The summed E-state index contributed by atoms with van der Waals surface area (Å²) in [6.07, 6.45) is 1.83. The number of sulfonamides is 1. The monoisotopic (exact) mass is 332 g/mol. The zero-order chi connectivity index (χ0) is 15.6. The Kier molecular flexibility index (Phi) is 5.14. The maximum Gasteiger partial charge on any atom is 0.243 e. The smallest absolute Gasteiger partial charge is 0.243 e. The van der Waals surface area contributed by atoms with Crippen molar-refractivity contribution in [3.8, 4) is 0 Å². The van der Waals surface area contributed by atoms with Crippen LogP contribution in [0.3, 0.4) is 0 Å². The van der Waals surface area contributed by atoms with Gasteiger partial charge in [-0.3, -0.25) is 0 Å². The van der Waals surface area contributed by atoms with Gasteiger partial charge in [0.2, 0.25) is 10.0 Å². The highest BCUT2D eigenvalue weighted by Gasteiger charge is 2.30. The van der Waals surface area contributed by atoms with Crippen molar-refractivity contribution in [2.24, 2.45) is 5.92 Å². The molecule has 1 saturated heterocycles. The van der Waals surface area contributed by atoms with Crippen molar-refractivity contribution in [3.05, 3.63) is 22.7 Å². The molecule has 1 aliphatic rings. The molecule has 1 atom stereocenters. The lowest BCUT2D eigenvalue weighted by Crippen LogP contribution is -2.41. The summed E-state index contributed by atoms with van der Waals surface area (Å²) in [7, 11) is -1.90. The molecule has 0 aromatic heterocycles. The third-order valence-corrected chi connectivity index (χ3v) is 6.14. The van der Waals surface area contributed by atoms with E-state index in [-0.39, 0.29) is 10.8 Å². The SMILES string of the molecule is COCC1CCCN(S(=O)(=O)c2cc(C)c(Cl)c(N)c2)C1. The number of anilines is 1. The van der Waals surface area contributed by atoms with Gasteiger partial charge < -0.3 is 10.5 Å². The summed E-state index contributed by atoms with van der Waals surface area (Å²) in [5.74, 6) is 0.240. The fourth-order valence-electron chi connectivity index (χ4n) is 2.68. The van der Waals surface area contributed by atoms with E-state index in [1.165, 1.54) is 10.4 Å². The maximum atomic E-state index is 12.7. The fourth-order valence-corrected chi connectivity index (χ4v) is 4.46. The largest absolute Gasteiger partial charge is 0.397 e. The van der Waals surface area contributed by atoms with E-state index < -0.39 is 10.0 Å². The normalized spacial score (nSPS) is 20.6. The first-order valence-corrected chi connectivity index (χ1v) is 8.72. The van der Waals surface area contributed by atoms with Crippen LogP contribution in [0.4, 0.5) is 5.69 Å². The van der Waals surface area contributed by atoms with Gasteiger partial charge in [0.1, 0.15) is 0 Å². The van der Waals surface area contributed by atoms with Gasteiger partial charge in [0.25, 0.3) is 0 Å². The molecule has 0 amide bonds. The van der Waals surface area contributed by atoms with Crippen LogP contribution < -0.4 is 5.73 Å². The second kappa shape index (κ2) is 6.52. The van der Waals surface area contributed by atoms with Crippen molar-refractivity contribution in [1.82, 2.24) is 4.31 Å². The molecule has 0 spiro atoms. The predicted molar refractivity (Wildman–Crippen MR) is 84.0 cm³/mol. The second-order valence-corrected chi connectivity index (χ2v) is 7.79. The molecule has 1 fully saturated rings. The first-order chi connectivity index (χ1) is 9.86. The van der Waals surface area contributed by atoms with Gasteiger partial charge in [-0.25, -0.2) is 8.42 Å². The van der Waals surface area contributed by atoms with Crippen LogP contribution in [0.5, 0.6) is 0 Å². The Labute approximate surface area is 131 Å². The first-order valence-electron chi connectivity index (χ1n) is 6.91. The lowest BCUT2D eigenvalue weighted by atomic mass is 10.0. The Morgan fingerprint density at radius 2 is 2.19 bits per heavy atom. The molecule has 1 unspecified atom stereocenters. The van der Waals surface area contributed by atoms with Crippen LogP contribution in [0.15, 0.2) is 17.0 Å². The van der Waals surface area contributed by atoms with Gasteiger partial charge in [0, 0.05) is 20.2 Å². The fraction of sp³-hybridized carbons (Fsp3) is 0.571. The van der Waals surface area contributed by atoms with Crippen LogP contribution in [0.25, 0.3) is 0 Å². The van der Waals surface area contributed by atoms with E-state index in [9.17, 15) is 8.42 Å². The van der Waals surface area contributed by atoms with Crippen molar-refractivity contribution < 1.29 is 13.2 Å². The van der Waals surface area contributed by atoms with Gasteiger partial charge in [-0.2, -0.15) is 4.31 Å². The Balaban J connectivity index is 2.29. The molecule has 118 valence electrons. The highest BCUT2D eigenvalue weighted by atomic mass is 35.5. The molecule has 0 aliphatic carbocycles. The second-order valence-electron chi connectivity index (χ2n) is 5.47. The number of nitrogen functional groups attached to an aromatic ring is 1. The zero-order valence-corrected chi connectivity index (χ0v) is 13.9. The van der Waals surface area contributed by atoms with Crippen molar-refractivity contribution in [2.45, 2.75) is 24.7 Å². The predicted octanol–water partition coefficient (Wildman–Crippen LogP) is 2.28. The minimum Gasteiger partial charge on any atom is -0.397 e. The number of aryl methyl sites for hydroxylation is 1. The molecule has 0 radical (unpaired) electrons. The van der Waals surface area contributed by atoms with Crippen LogP contribution in [0.2, 0.25) is 5.02 Å². The standard InChI is InChI=1S/C14H21ClN2O3S/c1-10-6-12(7-13(16)14(10)15)21(18,19)17-5-3-4-11(8-17)9-20-2/h6-7,11H,3-5,8-9,16H2,1-2H3. The molecule has 0 bridgehead atoms. The van der Waals surface area contributed by atoms with E-state index in [4.69, 9.17) is 22.1 Å². The minimum absolute atomic E-state index is 0.208. The maximum absolute atomic E-state index is 12.7. The van der Waals surface area contributed by atoms with Gasteiger partial charge in [0.05, 0.1) is 22.2 Å². The molecule has 5 nitrogen and oxygen atoms in total. The number of ether oxygens (including phenoxy) is 1. The Morgan fingerprint density at radius 3 is 2.81 bits per heavy atom. The molecule has 2 rings (SSSR count). The highest BCUT2D eigenvalue weighted by molar-refractivity contribution is 7.89. The van der Waals surface area contributed by atoms with E-state index in [2.05, 4.69) is 0 Å². The van der Waals surface area contributed by atoms with Crippen LogP contribution in [-0.4, -0.2) is 39.5 Å². The number of halogens is 1. The van der Waals surface area contributed by atoms with E-state index in [1.807, 2.05) is 0 Å². The van der Waals surface area contributed by atoms with Crippen molar-refractivity contribution >= 4 is 27.3 Å². The van der Waals surface area contributed by atoms with Crippen LogP contribution in [0.1, 0.15) is 18.4 Å². The number of nitrogens with two attached hydrogens (primary N) is 1. The number of nitrogens with zero attached hydrogens (tertiary/aromatic N) is 1. The minimum atomic E-state index is -3.54. The Bertz CT molecular complexity index is 594. The molecule has 1 aromatic rings. The van der Waals surface area contributed by atoms with Gasteiger partial charge in [0.15, 0.2) is 0 Å². The molecule has 21 heavy (non-hydrogen) atoms. The molecule has 1 aromatic carbocycles. The van der Waals surface area contributed by atoms with E-state index in [0.29, 0.717) is 36.0 Å². The molecule has 1 heterocycles. The van der Waals surface area contributed by atoms with E-state index in [1.54, 1.807) is 20.1 Å².